The van der Waals surface area contributed by atoms with Crippen LogP contribution in [-0.4, -0.2) is 11.0 Å². The van der Waals surface area contributed by atoms with Crippen LogP contribution in [0.1, 0.15) is 0 Å². The molecule has 8 nitrogen and oxygen atoms in total. The van der Waals surface area contributed by atoms with Crippen LogP contribution < -0.4 is 45.2 Å². The summed E-state index contributed by atoms with van der Waals surface area (Å²) in [4.78, 5) is 17.1. The van der Waals surface area contributed by atoms with Gasteiger partial charge in [0.2, 0.25) is 5.44 Å². The van der Waals surface area contributed by atoms with Gasteiger partial charge in [0.25, 0.3) is 0 Å². The number of nitrogens with zero attached hydrogens (tertiary/aromatic N) is 1. The molecule has 2 amide bonds. The van der Waals surface area contributed by atoms with E-state index in [0.29, 0.717) is 10.6 Å². The van der Waals surface area contributed by atoms with Crippen LogP contribution in [0, 0.1) is 10.2 Å². The molecule has 192 valence electrons. The molecular weight excluding hydrogens is 580 g/mol. The van der Waals surface area contributed by atoms with Crippen LogP contribution in [0.2, 0.25) is 0 Å². The van der Waals surface area contributed by atoms with Crippen LogP contribution in [0.25, 0.3) is 0 Å². The highest BCUT2D eigenvalue weighted by molar-refractivity contribution is 7.99. The van der Waals surface area contributed by atoms with Crippen molar-refractivity contribution < 1.29 is 33.7 Å². The molecule has 0 bridgehead atoms. The average molecular weight is 599 g/mol. The molecule has 37 heavy (non-hydrogen) atoms. The molecule has 0 aliphatic carbocycles. The number of halogens is 3. The summed E-state index contributed by atoms with van der Waals surface area (Å²) in [7, 11) is -7.58. The number of hydrogen-bond acceptors (Lipinski definition) is 7. The van der Waals surface area contributed by atoms with Crippen molar-refractivity contribution in [1.29, 1.82) is 0 Å². The summed E-state index contributed by atoms with van der Waals surface area (Å²) < 4.78 is 34.0. The van der Waals surface area contributed by atoms with Crippen LogP contribution in [-0.2, 0) is 0 Å². The Labute approximate surface area is 229 Å². The Kier molecular flexibility index (Phi) is 10.4. The lowest BCUT2D eigenvalue weighted by Crippen LogP contribution is -2.68. The first-order chi connectivity index (χ1) is 17.6. The molecule has 4 rings (SSSR count). The fourth-order valence-corrected chi connectivity index (χ4v) is 9.00. The third-order valence-corrected chi connectivity index (χ3v) is 10.4. The lowest BCUT2D eigenvalue weighted by Gasteiger charge is -2.29. The Morgan fingerprint density at radius 1 is 0.784 bits per heavy atom. The summed E-state index contributed by atoms with van der Waals surface area (Å²) in [5.74, 6) is 0. The molecule has 1 heterocycles. The molecule has 2 N–H and O–H groups in total. The zero-order valence-corrected chi connectivity index (χ0v) is 22.8. The van der Waals surface area contributed by atoms with Crippen LogP contribution in [0.5, 0.6) is 0 Å². The first kappa shape index (κ1) is 29.0. The predicted octanol–water partition coefficient (Wildman–Crippen LogP) is 1.11. The van der Waals surface area contributed by atoms with E-state index in [1.165, 1.54) is 11.3 Å². The Morgan fingerprint density at radius 2 is 1.19 bits per heavy atom. The molecule has 0 atom stereocenters. The van der Waals surface area contributed by atoms with Gasteiger partial charge in [-0.25, -0.2) is 28.4 Å². The Bertz CT molecular complexity index is 1200. The number of carbonyl (C=O) groups is 1. The molecule has 3 aromatic carbocycles. The number of urea groups is 1. The van der Waals surface area contributed by atoms with Crippen molar-refractivity contribution >= 4 is 68.9 Å². The van der Waals surface area contributed by atoms with Crippen LogP contribution in [0.4, 0.5) is 9.93 Å². The Balaban J connectivity index is 0.000000695. The van der Waals surface area contributed by atoms with E-state index in [9.17, 15) is 4.79 Å². The van der Waals surface area contributed by atoms with Gasteiger partial charge in [0.1, 0.15) is 15.9 Å². The van der Waals surface area contributed by atoms with E-state index in [0.717, 1.165) is 15.9 Å². The predicted molar refractivity (Wildman–Crippen MR) is 138 cm³/mol. The summed E-state index contributed by atoms with van der Waals surface area (Å²) in [6.45, 7) is 0. The number of thiazole rings is 1. The normalized spacial score (nSPS) is 11.1. The van der Waals surface area contributed by atoms with Crippen molar-refractivity contribution in [2.45, 2.75) is 0 Å². The highest BCUT2D eigenvalue weighted by Crippen LogP contribution is 2.63. The summed E-state index contributed by atoms with van der Waals surface area (Å²) in [6.07, 6.45) is 1.63. The molecule has 0 fully saturated rings. The monoisotopic (exact) mass is 597 g/mol. The molecule has 0 spiro atoms. The minimum atomic E-state index is -4.94. The van der Waals surface area contributed by atoms with E-state index in [2.05, 4.69) is 15.6 Å². The standard InChI is InChI=1S/C24H18Cl2N3OPS.ClHO4/c25-21(26)22(28-23(30)29-24-27-16-17-32-24)31(18-10-4-1-5-11-18,19-12-6-2-7-13-19)20-14-8-3-9-15-20;2-1(3,4)5/h1-17H,(H-,27,28,29,30);(H,2,3,4,5). The van der Waals surface area contributed by atoms with Crippen molar-refractivity contribution in [1.82, 2.24) is 10.3 Å². The third kappa shape index (κ3) is 7.96. The van der Waals surface area contributed by atoms with Crippen LogP contribution in [0.3, 0.4) is 0 Å². The number of anilines is 1. The number of benzene rings is 3. The van der Waals surface area contributed by atoms with Gasteiger partial charge in [0.15, 0.2) is 16.9 Å². The van der Waals surface area contributed by atoms with E-state index >= 15 is 0 Å². The van der Waals surface area contributed by atoms with Crippen LogP contribution in [0.15, 0.2) is 113 Å². The van der Waals surface area contributed by atoms with Crippen molar-refractivity contribution in [3.8, 4) is 0 Å². The maximum Gasteiger partial charge on any atom is 0.328 e. The van der Waals surface area contributed by atoms with Gasteiger partial charge in [-0.3, -0.25) is 10.6 Å². The summed E-state index contributed by atoms with van der Waals surface area (Å²) in [6, 6.07) is 29.6. The quantitative estimate of drug-likeness (QED) is 0.318. The molecule has 0 radical (unpaired) electrons. The minimum Gasteiger partial charge on any atom is -0.283 e. The Morgan fingerprint density at radius 3 is 1.51 bits per heavy atom. The largest absolute Gasteiger partial charge is 0.328 e. The minimum absolute atomic E-state index is 0.00387. The second-order valence-corrected chi connectivity index (χ2v) is 13.0. The topological polar surface area (TPSA) is 146 Å². The highest BCUT2D eigenvalue weighted by Gasteiger charge is 2.52. The van der Waals surface area contributed by atoms with E-state index in [4.69, 9.17) is 41.8 Å². The van der Waals surface area contributed by atoms with Crippen molar-refractivity contribution in [2.24, 2.45) is 0 Å². The fourth-order valence-electron chi connectivity index (χ4n) is 3.57. The molecule has 0 aliphatic heterocycles. The first-order valence-corrected chi connectivity index (χ1v) is 15.0. The molecule has 13 heteroatoms. The molecular formula is C24H19Cl3N3O5PS. The Hall–Kier alpha value is -2.56. The molecule has 4 aromatic rings. The number of amides is 2. The van der Waals surface area contributed by atoms with Gasteiger partial charge < -0.3 is 0 Å². The van der Waals surface area contributed by atoms with Gasteiger partial charge in [-0.2, -0.15) is 0 Å². The molecule has 1 aromatic heterocycles. The highest BCUT2D eigenvalue weighted by atomic mass is 35.7. The van der Waals surface area contributed by atoms with E-state index < -0.39 is 23.5 Å². The van der Waals surface area contributed by atoms with Gasteiger partial charge in [-0.05, 0) is 36.4 Å². The molecule has 0 aliphatic rings. The molecule has 0 saturated carbocycles. The third-order valence-electron chi connectivity index (χ3n) is 4.83. The number of rotatable bonds is 6. The second-order valence-electron chi connectivity index (χ2n) is 7.08. The zero-order valence-electron chi connectivity index (χ0n) is 18.8. The molecule has 0 saturated heterocycles. The van der Waals surface area contributed by atoms with Gasteiger partial charge in [-0.1, -0.05) is 77.8 Å². The van der Waals surface area contributed by atoms with E-state index in [1.54, 1.807) is 11.6 Å². The summed E-state index contributed by atoms with van der Waals surface area (Å²) >= 11 is 14.4. The van der Waals surface area contributed by atoms with Gasteiger partial charge in [0, 0.05) is 11.6 Å². The van der Waals surface area contributed by atoms with E-state index in [-0.39, 0.29) is 4.49 Å². The van der Waals surface area contributed by atoms with E-state index in [1.807, 2.05) is 91.0 Å². The zero-order chi connectivity index (χ0) is 26.9. The van der Waals surface area contributed by atoms with Crippen LogP contribution >= 0.6 is 41.8 Å². The maximum absolute atomic E-state index is 13.0. The van der Waals surface area contributed by atoms with Gasteiger partial charge in [0.05, 0.1) is 0 Å². The lowest BCUT2D eigenvalue weighted by atomic mass is 10.4. The number of aromatic nitrogens is 1. The summed E-state index contributed by atoms with van der Waals surface area (Å²) in [5.41, 5.74) is 0.457. The first-order valence-electron chi connectivity index (χ1n) is 10.3. The second kappa shape index (κ2) is 13.3. The lowest BCUT2D eigenvalue weighted by molar-refractivity contribution is -2.00. The number of nitrogens with one attached hydrogen (secondary N) is 2. The number of hydrogen-bond donors (Lipinski definition) is 2. The SMILES string of the molecule is O=C(NC(=C(Cl)Cl)[P+](c1ccccc1)(c1ccccc1)c1ccccc1)Nc1nccs1.[O-][Cl+3]([O-])([O-])[O-]. The van der Waals surface area contributed by atoms with Crippen molar-refractivity contribution in [3.63, 3.8) is 0 Å². The number of carbonyl (C=O) groups excluding carboxylic acids is 1. The van der Waals surface area contributed by atoms with Gasteiger partial charge >= 0.3 is 6.03 Å². The smallest absolute Gasteiger partial charge is 0.283 e. The molecule has 0 unspecified atom stereocenters. The van der Waals surface area contributed by atoms with Gasteiger partial charge in [-0.15, -0.1) is 21.6 Å². The average Bonchev–Trinajstić information content (AvgIpc) is 3.38. The van der Waals surface area contributed by atoms with Crippen molar-refractivity contribution in [3.05, 3.63) is 113 Å². The fraction of sp³-hybridized carbons (Fsp3) is 0. The van der Waals surface area contributed by atoms with Crippen molar-refractivity contribution in [2.75, 3.05) is 5.32 Å². The maximum atomic E-state index is 13.0. The summed E-state index contributed by atoms with van der Waals surface area (Å²) in [5, 5.41) is 11.0.